The summed E-state index contributed by atoms with van der Waals surface area (Å²) in [6, 6.07) is 23.8. The number of fused-ring (bicyclic) bond motifs is 2. The van der Waals surface area contributed by atoms with Crippen LogP contribution < -0.4 is 0 Å². The van der Waals surface area contributed by atoms with E-state index in [9.17, 15) is 0 Å². The molecule has 4 rings (SSSR count). The Morgan fingerprint density at radius 3 is 2.50 bits per heavy atom. The molecule has 0 amide bonds. The lowest BCUT2D eigenvalue weighted by Crippen LogP contribution is -2.04. The fourth-order valence-corrected chi connectivity index (χ4v) is 3.80. The number of imidazole rings is 1. The van der Waals surface area contributed by atoms with Gasteiger partial charge in [-0.05, 0) is 34.9 Å². The van der Waals surface area contributed by atoms with E-state index < -0.39 is 0 Å². The van der Waals surface area contributed by atoms with Crippen molar-refractivity contribution in [3.63, 3.8) is 0 Å². The molecule has 132 valence electrons. The van der Waals surface area contributed by atoms with Crippen molar-refractivity contribution in [3.8, 4) is 0 Å². The molecule has 2 heteroatoms. The average Bonchev–Trinajstić information content (AvgIpc) is 3.11. The van der Waals surface area contributed by atoms with Crippen molar-refractivity contribution in [1.82, 2.24) is 9.97 Å². The van der Waals surface area contributed by atoms with E-state index in [0.717, 1.165) is 23.3 Å². The molecule has 0 bridgehead atoms. The monoisotopic (exact) mass is 342 g/mol. The predicted molar refractivity (Wildman–Crippen MR) is 111 cm³/mol. The van der Waals surface area contributed by atoms with Gasteiger partial charge in [0.05, 0.1) is 11.0 Å². The topological polar surface area (TPSA) is 28.7 Å². The first-order valence-electron chi connectivity index (χ1n) is 9.78. The van der Waals surface area contributed by atoms with Crippen LogP contribution in [0, 0.1) is 0 Å². The van der Waals surface area contributed by atoms with E-state index in [4.69, 9.17) is 4.98 Å². The lowest BCUT2D eigenvalue weighted by molar-refractivity contribution is 0.584. The zero-order valence-corrected chi connectivity index (χ0v) is 15.4. The van der Waals surface area contributed by atoms with Crippen LogP contribution in [0.15, 0.2) is 66.7 Å². The maximum Gasteiger partial charge on any atom is 0.114 e. The summed E-state index contributed by atoms with van der Waals surface area (Å²) >= 11 is 0. The van der Waals surface area contributed by atoms with Gasteiger partial charge >= 0.3 is 0 Å². The number of nitrogens with zero attached hydrogens (tertiary/aromatic N) is 1. The van der Waals surface area contributed by atoms with Gasteiger partial charge in [-0.3, -0.25) is 0 Å². The van der Waals surface area contributed by atoms with Crippen LogP contribution >= 0.6 is 0 Å². The van der Waals surface area contributed by atoms with Crippen LogP contribution in [0.3, 0.4) is 0 Å². The minimum atomic E-state index is 0.323. The van der Waals surface area contributed by atoms with Gasteiger partial charge in [-0.1, -0.05) is 87.2 Å². The molecule has 0 fully saturated rings. The lowest BCUT2D eigenvalue weighted by Gasteiger charge is -2.16. The highest BCUT2D eigenvalue weighted by molar-refractivity contribution is 5.83. The van der Waals surface area contributed by atoms with Gasteiger partial charge in [-0.15, -0.1) is 0 Å². The number of aromatic nitrogens is 2. The van der Waals surface area contributed by atoms with Crippen molar-refractivity contribution in [2.75, 3.05) is 0 Å². The Morgan fingerprint density at radius 2 is 1.65 bits per heavy atom. The minimum Gasteiger partial charge on any atom is -0.341 e. The zero-order chi connectivity index (χ0) is 17.8. The molecule has 1 unspecified atom stereocenters. The lowest BCUT2D eigenvalue weighted by atomic mass is 9.90. The summed E-state index contributed by atoms with van der Waals surface area (Å²) in [5, 5.41) is 2.60. The Balaban J connectivity index is 1.70. The molecule has 26 heavy (non-hydrogen) atoms. The summed E-state index contributed by atoms with van der Waals surface area (Å²) in [5.74, 6) is 1.42. The average molecular weight is 342 g/mol. The number of hydrogen-bond donors (Lipinski definition) is 1. The van der Waals surface area contributed by atoms with Gasteiger partial charge in [0.1, 0.15) is 5.82 Å². The number of para-hydroxylation sites is 2. The molecule has 1 N–H and O–H groups in total. The fraction of sp³-hybridized carbons (Fsp3) is 0.292. The third-order valence-corrected chi connectivity index (χ3v) is 5.26. The highest BCUT2D eigenvalue weighted by atomic mass is 14.9. The Bertz CT molecular complexity index is 966. The molecule has 2 nitrogen and oxygen atoms in total. The van der Waals surface area contributed by atoms with E-state index in [1.54, 1.807) is 0 Å². The van der Waals surface area contributed by atoms with Crippen LogP contribution in [0.5, 0.6) is 0 Å². The molecular formula is C24H26N2. The van der Waals surface area contributed by atoms with Crippen molar-refractivity contribution >= 4 is 21.8 Å². The van der Waals surface area contributed by atoms with Gasteiger partial charge in [0, 0.05) is 5.92 Å². The van der Waals surface area contributed by atoms with Crippen molar-refractivity contribution in [3.05, 3.63) is 78.1 Å². The molecule has 3 aromatic carbocycles. The summed E-state index contributed by atoms with van der Waals surface area (Å²) in [5.41, 5.74) is 3.54. The molecule has 0 spiro atoms. The van der Waals surface area contributed by atoms with E-state index in [-0.39, 0.29) is 0 Å². The molecule has 0 saturated carbocycles. The van der Waals surface area contributed by atoms with Crippen molar-refractivity contribution in [1.29, 1.82) is 0 Å². The predicted octanol–water partition coefficient (Wildman–Crippen LogP) is 6.82. The molecule has 0 aliphatic carbocycles. The zero-order valence-electron chi connectivity index (χ0n) is 15.4. The highest BCUT2D eigenvalue weighted by Crippen LogP contribution is 2.31. The first-order chi connectivity index (χ1) is 12.8. The van der Waals surface area contributed by atoms with Gasteiger partial charge in [0.25, 0.3) is 0 Å². The summed E-state index contributed by atoms with van der Waals surface area (Å²) in [7, 11) is 0. The molecule has 0 aliphatic rings. The number of aromatic amines is 1. The minimum absolute atomic E-state index is 0.323. The van der Waals surface area contributed by atoms with Crippen LogP contribution in [0.25, 0.3) is 21.8 Å². The molecular weight excluding hydrogens is 316 g/mol. The number of benzene rings is 3. The SMILES string of the molecule is CCCCCCC(c1ccc2ccccc2c1)c1nc2ccccc2[nH]1. The number of rotatable bonds is 7. The summed E-state index contributed by atoms with van der Waals surface area (Å²) in [4.78, 5) is 8.48. The van der Waals surface area contributed by atoms with Crippen molar-refractivity contribution in [2.24, 2.45) is 0 Å². The second kappa shape index (κ2) is 7.74. The number of H-pyrrole nitrogens is 1. The van der Waals surface area contributed by atoms with Gasteiger partial charge in [0.15, 0.2) is 0 Å². The molecule has 1 atom stereocenters. The van der Waals surface area contributed by atoms with Gasteiger partial charge in [-0.2, -0.15) is 0 Å². The molecule has 1 aromatic heterocycles. The smallest absolute Gasteiger partial charge is 0.114 e. The van der Waals surface area contributed by atoms with Gasteiger partial charge in [-0.25, -0.2) is 4.98 Å². The third-order valence-electron chi connectivity index (χ3n) is 5.26. The summed E-state index contributed by atoms with van der Waals surface area (Å²) in [6.45, 7) is 2.26. The van der Waals surface area contributed by atoms with E-state index in [0.29, 0.717) is 5.92 Å². The Labute approximate surface area is 155 Å². The summed E-state index contributed by atoms with van der Waals surface area (Å²) < 4.78 is 0. The standard InChI is InChI=1S/C24H26N2/c1-2-3-4-5-12-21(24-25-22-13-8-9-14-23(22)26-24)20-16-15-18-10-6-7-11-19(18)17-20/h6-11,13-17,21H,2-5,12H2,1H3,(H,25,26). The Kier molecular flexibility index (Phi) is 5.01. The van der Waals surface area contributed by atoms with Crippen molar-refractivity contribution < 1.29 is 0 Å². The maximum atomic E-state index is 4.91. The van der Waals surface area contributed by atoms with Gasteiger partial charge < -0.3 is 4.98 Å². The van der Waals surface area contributed by atoms with E-state index >= 15 is 0 Å². The Hall–Kier alpha value is -2.61. The van der Waals surface area contributed by atoms with E-state index in [1.165, 1.54) is 42.0 Å². The molecule has 0 radical (unpaired) electrons. The molecule has 4 aromatic rings. The number of hydrogen-bond acceptors (Lipinski definition) is 1. The fourth-order valence-electron chi connectivity index (χ4n) is 3.80. The molecule has 1 heterocycles. The van der Waals surface area contributed by atoms with Crippen LogP contribution in [-0.4, -0.2) is 9.97 Å². The van der Waals surface area contributed by atoms with E-state index in [1.807, 2.05) is 0 Å². The van der Waals surface area contributed by atoms with Gasteiger partial charge in [0.2, 0.25) is 0 Å². The van der Waals surface area contributed by atoms with Crippen LogP contribution in [0.2, 0.25) is 0 Å². The number of nitrogens with one attached hydrogen (secondary N) is 1. The molecule has 0 saturated heterocycles. The second-order valence-corrected chi connectivity index (χ2v) is 7.15. The van der Waals surface area contributed by atoms with Crippen molar-refractivity contribution in [2.45, 2.75) is 44.9 Å². The van der Waals surface area contributed by atoms with Crippen LogP contribution in [-0.2, 0) is 0 Å². The highest BCUT2D eigenvalue weighted by Gasteiger charge is 2.18. The second-order valence-electron chi connectivity index (χ2n) is 7.15. The summed E-state index contributed by atoms with van der Waals surface area (Å²) in [6.07, 6.45) is 6.25. The van der Waals surface area contributed by atoms with E-state index in [2.05, 4.69) is 78.6 Å². The first-order valence-corrected chi connectivity index (χ1v) is 9.78. The number of unbranched alkanes of at least 4 members (excludes halogenated alkanes) is 3. The quantitative estimate of drug-likeness (QED) is 0.367. The first kappa shape index (κ1) is 16.8. The van der Waals surface area contributed by atoms with Crippen LogP contribution in [0.4, 0.5) is 0 Å². The Morgan fingerprint density at radius 1 is 0.846 bits per heavy atom. The normalized spacial score (nSPS) is 12.7. The third kappa shape index (κ3) is 3.50. The molecule has 0 aliphatic heterocycles. The maximum absolute atomic E-state index is 4.91. The van der Waals surface area contributed by atoms with Crippen LogP contribution in [0.1, 0.15) is 56.3 Å². The largest absolute Gasteiger partial charge is 0.341 e.